The van der Waals surface area contributed by atoms with E-state index in [-0.39, 0.29) is 11.5 Å². The van der Waals surface area contributed by atoms with Gasteiger partial charge in [0.15, 0.2) is 9.84 Å². The maximum Gasteiger partial charge on any atom is 0.152 e. The number of hydrogen-bond donors (Lipinski definition) is 1. The molecule has 1 unspecified atom stereocenters. The number of anilines is 1. The van der Waals surface area contributed by atoms with E-state index in [0.717, 1.165) is 15.7 Å². The minimum atomic E-state index is -2.92. The van der Waals surface area contributed by atoms with E-state index >= 15 is 0 Å². The van der Waals surface area contributed by atoms with Gasteiger partial charge in [-0.2, -0.15) is 0 Å². The standard InChI is InChI=1S/C13H18BrNO3S/c1-10(16)12-4-3-11(14)9-13(12)15-5-2-7-19(17,18)8-6-15/h3-4,9-10,16H,2,5-8H2,1H3. The zero-order chi connectivity index (χ0) is 14.0. The molecular formula is C13H18BrNO3S. The molecular weight excluding hydrogens is 330 g/mol. The van der Waals surface area contributed by atoms with Crippen molar-refractivity contribution < 1.29 is 13.5 Å². The van der Waals surface area contributed by atoms with E-state index in [1.54, 1.807) is 6.92 Å². The topological polar surface area (TPSA) is 57.6 Å². The fraction of sp³-hybridized carbons (Fsp3) is 0.538. The summed E-state index contributed by atoms with van der Waals surface area (Å²) in [7, 11) is -2.92. The van der Waals surface area contributed by atoms with E-state index < -0.39 is 15.9 Å². The van der Waals surface area contributed by atoms with Gasteiger partial charge in [-0.25, -0.2) is 8.42 Å². The minimum Gasteiger partial charge on any atom is -0.389 e. The molecule has 0 aromatic heterocycles. The number of aliphatic hydroxyl groups is 1. The molecule has 106 valence electrons. The molecule has 6 heteroatoms. The summed E-state index contributed by atoms with van der Waals surface area (Å²) in [4.78, 5) is 2.05. The van der Waals surface area contributed by atoms with Gasteiger partial charge < -0.3 is 10.0 Å². The smallest absolute Gasteiger partial charge is 0.152 e. The zero-order valence-corrected chi connectivity index (χ0v) is 13.2. The molecule has 19 heavy (non-hydrogen) atoms. The Kier molecular flexibility index (Phi) is 4.53. The van der Waals surface area contributed by atoms with Gasteiger partial charge in [0.1, 0.15) is 0 Å². The number of hydrogen-bond acceptors (Lipinski definition) is 4. The molecule has 0 spiro atoms. The first-order valence-electron chi connectivity index (χ1n) is 6.32. The third-order valence-corrected chi connectivity index (χ3v) is 5.55. The monoisotopic (exact) mass is 347 g/mol. The fourth-order valence-corrected chi connectivity index (χ4v) is 3.94. The molecule has 1 saturated heterocycles. The lowest BCUT2D eigenvalue weighted by molar-refractivity contribution is 0.199. The van der Waals surface area contributed by atoms with Gasteiger partial charge in [0.2, 0.25) is 0 Å². The van der Waals surface area contributed by atoms with Gasteiger partial charge in [-0.05, 0) is 25.5 Å². The molecule has 0 saturated carbocycles. The van der Waals surface area contributed by atoms with Gasteiger partial charge in [0.05, 0.1) is 17.6 Å². The Balaban J connectivity index is 2.33. The predicted molar refractivity (Wildman–Crippen MR) is 80.3 cm³/mol. The first kappa shape index (κ1) is 14.8. The highest BCUT2D eigenvalue weighted by molar-refractivity contribution is 9.10. The van der Waals surface area contributed by atoms with Crippen molar-refractivity contribution in [1.29, 1.82) is 0 Å². The van der Waals surface area contributed by atoms with Gasteiger partial charge in [-0.1, -0.05) is 22.0 Å². The van der Waals surface area contributed by atoms with Crippen LogP contribution in [0.5, 0.6) is 0 Å². The second kappa shape index (κ2) is 5.81. The Morgan fingerprint density at radius 1 is 1.32 bits per heavy atom. The van der Waals surface area contributed by atoms with Crippen molar-refractivity contribution in [3.63, 3.8) is 0 Å². The summed E-state index contributed by atoms with van der Waals surface area (Å²) >= 11 is 3.43. The largest absolute Gasteiger partial charge is 0.389 e. The van der Waals surface area contributed by atoms with E-state index in [1.807, 2.05) is 18.2 Å². The van der Waals surface area contributed by atoms with Crippen LogP contribution in [0.3, 0.4) is 0 Å². The second-order valence-corrected chi connectivity index (χ2v) is 8.09. The van der Waals surface area contributed by atoms with Crippen molar-refractivity contribution in [2.75, 3.05) is 29.5 Å². The van der Waals surface area contributed by atoms with Crippen LogP contribution in [0.2, 0.25) is 0 Å². The quantitative estimate of drug-likeness (QED) is 0.890. The highest BCUT2D eigenvalue weighted by Crippen LogP contribution is 2.30. The van der Waals surface area contributed by atoms with Gasteiger partial charge in [-0.3, -0.25) is 0 Å². The summed E-state index contributed by atoms with van der Waals surface area (Å²) in [6.07, 6.45) is 0.0663. The number of benzene rings is 1. The molecule has 1 atom stereocenters. The summed E-state index contributed by atoms with van der Waals surface area (Å²) in [5, 5.41) is 9.84. The highest BCUT2D eigenvalue weighted by Gasteiger charge is 2.22. The molecule has 1 aromatic carbocycles. The maximum atomic E-state index is 11.6. The van der Waals surface area contributed by atoms with E-state index in [9.17, 15) is 13.5 Å². The summed E-state index contributed by atoms with van der Waals surface area (Å²) in [5.74, 6) is 0.431. The zero-order valence-electron chi connectivity index (χ0n) is 10.8. The molecule has 1 N–H and O–H groups in total. The SMILES string of the molecule is CC(O)c1ccc(Br)cc1N1CCCS(=O)(=O)CC1. The van der Waals surface area contributed by atoms with Crippen molar-refractivity contribution in [3.8, 4) is 0 Å². The van der Waals surface area contributed by atoms with Gasteiger partial charge in [-0.15, -0.1) is 0 Å². The lowest BCUT2D eigenvalue weighted by Gasteiger charge is -2.26. The van der Waals surface area contributed by atoms with Gasteiger partial charge >= 0.3 is 0 Å². The van der Waals surface area contributed by atoms with Crippen molar-refractivity contribution in [2.45, 2.75) is 19.4 Å². The molecule has 1 heterocycles. The molecule has 1 aromatic rings. The Morgan fingerprint density at radius 2 is 2.05 bits per heavy atom. The van der Waals surface area contributed by atoms with Crippen molar-refractivity contribution in [1.82, 2.24) is 0 Å². The van der Waals surface area contributed by atoms with E-state index in [2.05, 4.69) is 20.8 Å². The Labute approximate surface area is 122 Å². The molecule has 1 aliphatic heterocycles. The van der Waals surface area contributed by atoms with Crippen molar-refractivity contribution in [3.05, 3.63) is 28.2 Å². The minimum absolute atomic E-state index is 0.179. The number of rotatable bonds is 2. The average molecular weight is 348 g/mol. The third kappa shape index (κ3) is 3.70. The number of nitrogens with zero attached hydrogens (tertiary/aromatic N) is 1. The highest BCUT2D eigenvalue weighted by atomic mass is 79.9. The number of sulfone groups is 1. The number of aliphatic hydroxyl groups excluding tert-OH is 1. The molecule has 0 bridgehead atoms. The Bertz CT molecular complexity index is 557. The molecule has 0 radical (unpaired) electrons. The van der Waals surface area contributed by atoms with Gasteiger partial charge in [0, 0.05) is 28.8 Å². The fourth-order valence-electron chi connectivity index (χ4n) is 2.32. The molecule has 1 fully saturated rings. The van der Waals surface area contributed by atoms with Crippen LogP contribution in [0.4, 0.5) is 5.69 Å². The van der Waals surface area contributed by atoms with Crippen LogP contribution >= 0.6 is 15.9 Å². The summed E-state index contributed by atoms with van der Waals surface area (Å²) < 4.78 is 24.2. The molecule has 0 amide bonds. The lowest BCUT2D eigenvalue weighted by Crippen LogP contribution is -2.28. The van der Waals surface area contributed by atoms with E-state index in [0.29, 0.717) is 19.5 Å². The number of halogens is 1. The van der Waals surface area contributed by atoms with Crippen molar-refractivity contribution in [2.24, 2.45) is 0 Å². The predicted octanol–water partition coefficient (Wildman–Crippen LogP) is 2.13. The average Bonchev–Trinajstić information content (AvgIpc) is 2.49. The molecule has 1 aliphatic rings. The third-order valence-electron chi connectivity index (χ3n) is 3.34. The first-order chi connectivity index (χ1) is 8.89. The van der Waals surface area contributed by atoms with Crippen LogP contribution in [0.15, 0.2) is 22.7 Å². The maximum absolute atomic E-state index is 11.6. The lowest BCUT2D eigenvalue weighted by atomic mass is 10.1. The van der Waals surface area contributed by atoms with Crippen LogP contribution < -0.4 is 4.90 Å². The Hall–Kier alpha value is -0.590. The van der Waals surface area contributed by atoms with Gasteiger partial charge in [0.25, 0.3) is 0 Å². The molecule has 4 nitrogen and oxygen atoms in total. The Morgan fingerprint density at radius 3 is 2.74 bits per heavy atom. The molecule has 2 rings (SSSR count). The first-order valence-corrected chi connectivity index (χ1v) is 8.93. The van der Waals surface area contributed by atoms with Crippen LogP contribution in [0.25, 0.3) is 0 Å². The van der Waals surface area contributed by atoms with E-state index in [1.165, 1.54) is 0 Å². The van der Waals surface area contributed by atoms with Crippen LogP contribution in [0, 0.1) is 0 Å². The van der Waals surface area contributed by atoms with Crippen LogP contribution in [-0.4, -0.2) is 38.1 Å². The normalized spacial score (nSPS) is 20.9. The summed E-state index contributed by atoms with van der Waals surface area (Å²) in [6.45, 7) is 2.91. The van der Waals surface area contributed by atoms with Crippen molar-refractivity contribution >= 4 is 31.5 Å². The van der Waals surface area contributed by atoms with Crippen LogP contribution in [-0.2, 0) is 9.84 Å². The van der Waals surface area contributed by atoms with E-state index in [4.69, 9.17) is 0 Å². The van der Waals surface area contributed by atoms with Crippen LogP contribution in [0.1, 0.15) is 25.0 Å². The summed E-state index contributed by atoms with van der Waals surface area (Å²) in [6, 6.07) is 5.71. The molecule has 0 aliphatic carbocycles. The second-order valence-electron chi connectivity index (χ2n) is 4.87. The summed E-state index contributed by atoms with van der Waals surface area (Å²) in [5.41, 5.74) is 1.75.